The summed E-state index contributed by atoms with van der Waals surface area (Å²) in [5.74, 6) is 0.566. The molecule has 0 N–H and O–H groups in total. The first-order valence-corrected chi connectivity index (χ1v) is 4.37. The molecule has 1 fully saturated rings. The summed E-state index contributed by atoms with van der Waals surface area (Å²) >= 11 is 4.97. The smallest absolute Gasteiger partial charge is 0.327 e. The summed E-state index contributed by atoms with van der Waals surface area (Å²) in [5, 5.41) is 0. The van der Waals surface area contributed by atoms with Crippen LogP contribution >= 0.6 is 11.9 Å². The molecule has 1 saturated carbocycles. The molecule has 0 bridgehead atoms. The summed E-state index contributed by atoms with van der Waals surface area (Å²) in [6.45, 7) is 2.21. The number of hydrogen-bond acceptors (Lipinski definition) is 2. The van der Waals surface area contributed by atoms with Gasteiger partial charge < -0.3 is 4.29 Å². The topological polar surface area (TPSA) is 26.3 Å². The molecular weight excluding hydrogens is 164 g/mol. The van der Waals surface area contributed by atoms with Crippen LogP contribution in [0.4, 0.5) is 0 Å². The van der Waals surface area contributed by atoms with Crippen molar-refractivity contribution in [1.29, 1.82) is 0 Å². The van der Waals surface area contributed by atoms with Crippen molar-refractivity contribution in [3.63, 3.8) is 0 Å². The summed E-state index contributed by atoms with van der Waals surface area (Å²) < 4.78 is 4.16. The van der Waals surface area contributed by atoms with E-state index in [-0.39, 0.29) is 11.9 Å². The van der Waals surface area contributed by atoms with E-state index in [4.69, 9.17) is 11.9 Å². The zero-order valence-corrected chi connectivity index (χ0v) is 7.43. The van der Waals surface area contributed by atoms with E-state index < -0.39 is 0 Å². The number of halogens is 1. The van der Waals surface area contributed by atoms with E-state index in [9.17, 15) is 4.79 Å². The van der Waals surface area contributed by atoms with Crippen molar-refractivity contribution in [2.24, 2.45) is 11.8 Å². The molecule has 0 amide bonds. The number of hydrogen-bond donors (Lipinski definition) is 0. The summed E-state index contributed by atoms with van der Waals surface area (Å²) in [4.78, 5) is 10.9. The molecule has 0 unspecified atom stereocenters. The molecule has 1 rings (SSSR count). The molecule has 1 aliphatic carbocycles. The summed E-state index contributed by atoms with van der Waals surface area (Å²) in [6, 6.07) is 0. The fourth-order valence-corrected chi connectivity index (χ4v) is 1.68. The standard InChI is InChI=1S/C8H13ClO2/c1-6-2-4-7(5-3-6)8(10)11-9/h6-7H,2-5H2,1H3. The quantitative estimate of drug-likeness (QED) is 0.614. The zero-order valence-electron chi connectivity index (χ0n) is 6.68. The van der Waals surface area contributed by atoms with E-state index in [1.165, 1.54) is 0 Å². The average Bonchev–Trinajstić information content (AvgIpc) is 2.05. The van der Waals surface area contributed by atoms with Crippen molar-refractivity contribution in [1.82, 2.24) is 0 Å². The van der Waals surface area contributed by atoms with Crippen LogP contribution in [0.3, 0.4) is 0 Å². The Balaban J connectivity index is 2.33. The van der Waals surface area contributed by atoms with Gasteiger partial charge >= 0.3 is 5.97 Å². The second-order valence-corrected chi connectivity index (χ2v) is 3.51. The fraction of sp³-hybridized carbons (Fsp3) is 0.875. The molecule has 3 heteroatoms. The lowest BCUT2D eigenvalue weighted by Gasteiger charge is -2.23. The van der Waals surface area contributed by atoms with Crippen LogP contribution in [0.5, 0.6) is 0 Å². The molecule has 0 aromatic carbocycles. The van der Waals surface area contributed by atoms with Gasteiger partial charge in [0.1, 0.15) is 11.9 Å². The van der Waals surface area contributed by atoms with Crippen LogP contribution in [0.2, 0.25) is 0 Å². The minimum absolute atomic E-state index is 0.0590. The highest BCUT2D eigenvalue weighted by molar-refractivity contribution is 6.13. The van der Waals surface area contributed by atoms with Crippen LogP contribution in [0.1, 0.15) is 32.6 Å². The maximum atomic E-state index is 10.9. The third kappa shape index (κ3) is 2.37. The number of rotatable bonds is 1. The van der Waals surface area contributed by atoms with Crippen molar-refractivity contribution in [3.05, 3.63) is 0 Å². The predicted molar refractivity (Wildman–Crippen MR) is 43.1 cm³/mol. The molecule has 0 aromatic heterocycles. The first-order chi connectivity index (χ1) is 5.24. The Morgan fingerprint density at radius 3 is 2.36 bits per heavy atom. The van der Waals surface area contributed by atoms with E-state index >= 15 is 0 Å². The lowest BCUT2D eigenvalue weighted by atomic mass is 9.83. The van der Waals surface area contributed by atoms with Crippen LogP contribution in [0.25, 0.3) is 0 Å². The van der Waals surface area contributed by atoms with Crippen LogP contribution in [-0.4, -0.2) is 5.97 Å². The minimum Gasteiger partial charge on any atom is -0.347 e. The Kier molecular flexibility index (Phi) is 3.18. The molecular formula is C8H13ClO2. The largest absolute Gasteiger partial charge is 0.347 e. The molecule has 1 aliphatic rings. The Morgan fingerprint density at radius 2 is 1.91 bits per heavy atom. The van der Waals surface area contributed by atoms with Crippen LogP contribution < -0.4 is 0 Å². The van der Waals surface area contributed by atoms with Crippen molar-refractivity contribution in [2.45, 2.75) is 32.6 Å². The van der Waals surface area contributed by atoms with Crippen molar-refractivity contribution < 1.29 is 9.08 Å². The van der Waals surface area contributed by atoms with E-state index in [1.807, 2.05) is 0 Å². The monoisotopic (exact) mass is 176 g/mol. The maximum Gasteiger partial charge on any atom is 0.327 e. The summed E-state index contributed by atoms with van der Waals surface area (Å²) in [6.07, 6.45) is 4.12. The molecule has 0 heterocycles. The molecule has 2 nitrogen and oxygen atoms in total. The van der Waals surface area contributed by atoms with Crippen molar-refractivity contribution >= 4 is 17.8 Å². The summed E-state index contributed by atoms with van der Waals surface area (Å²) in [7, 11) is 0. The zero-order chi connectivity index (χ0) is 8.27. The highest BCUT2D eigenvalue weighted by Crippen LogP contribution is 2.29. The molecule has 0 radical (unpaired) electrons. The second-order valence-electron chi connectivity index (χ2n) is 3.35. The first kappa shape index (κ1) is 8.85. The third-order valence-corrected chi connectivity index (χ3v) is 2.58. The molecule has 0 spiro atoms. The highest BCUT2D eigenvalue weighted by atomic mass is 35.5. The number of carbonyl (C=O) groups excluding carboxylic acids is 1. The van der Waals surface area contributed by atoms with E-state index in [2.05, 4.69) is 11.2 Å². The van der Waals surface area contributed by atoms with Crippen molar-refractivity contribution in [3.8, 4) is 0 Å². The van der Waals surface area contributed by atoms with E-state index in [1.54, 1.807) is 0 Å². The van der Waals surface area contributed by atoms with Gasteiger partial charge in [-0.1, -0.05) is 6.92 Å². The van der Waals surface area contributed by atoms with Gasteiger partial charge in [0.2, 0.25) is 0 Å². The third-order valence-electron chi connectivity index (χ3n) is 2.43. The predicted octanol–water partition coefficient (Wildman–Crippen LogP) is 2.51. The molecule has 0 aromatic rings. The Labute approximate surface area is 72.0 Å². The molecule has 0 atom stereocenters. The van der Waals surface area contributed by atoms with Gasteiger partial charge in [0, 0.05) is 0 Å². The first-order valence-electron chi connectivity index (χ1n) is 4.06. The Hall–Kier alpha value is -0.240. The van der Waals surface area contributed by atoms with Gasteiger partial charge in [0.15, 0.2) is 0 Å². The van der Waals surface area contributed by atoms with Gasteiger partial charge in [-0.3, -0.25) is 4.79 Å². The molecule has 64 valence electrons. The van der Waals surface area contributed by atoms with Crippen LogP contribution in [0.15, 0.2) is 0 Å². The molecule has 11 heavy (non-hydrogen) atoms. The van der Waals surface area contributed by atoms with E-state index in [0.717, 1.165) is 31.6 Å². The Morgan fingerprint density at radius 1 is 1.36 bits per heavy atom. The van der Waals surface area contributed by atoms with Crippen LogP contribution in [0, 0.1) is 11.8 Å². The summed E-state index contributed by atoms with van der Waals surface area (Å²) in [5.41, 5.74) is 0. The van der Waals surface area contributed by atoms with Gasteiger partial charge in [-0.05, 0) is 31.6 Å². The lowest BCUT2D eigenvalue weighted by molar-refractivity contribution is -0.139. The highest BCUT2D eigenvalue weighted by Gasteiger charge is 2.25. The lowest BCUT2D eigenvalue weighted by Crippen LogP contribution is -2.20. The van der Waals surface area contributed by atoms with Gasteiger partial charge in [-0.25, -0.2) is 0 Å². The maximum absolute atomic E-state index is 10.9. The normalized spacial score (nSPS) is 31.5. The van der Waals surface area contributed by atoms with Crippen molar-refractivity contribution in [2.75, 3.05) is 0 Å². The minimum atomic E-state index is -0.251. The van der Waals surface area contributed by atoms with Gasteiger partial charge in [0.05, 0.1) is 5.92 Å². The molecule has 0 aliphatic heterocycles. The average molecular weight is 177 g/mol. The van der Waals surface area contributed by atoms with Crippen LogP contribution in [-0.2, 0) is 9.08 Å². The van der Waals surface area contributed by atoms with Gasteiger partial charge in [0.25, 0.3) is 0 Å². The number of carbonyl (C=O) groups is 1. The Bertz CT molecular complexity index is 139. The fourth-order valence-electron chi connectivity index (χ4n) is 1.56. The second kappa shape index (κ2) is 3.96. The van der Waals surface area contributed by atoms with E-state index in [0.29, 0.717) is 0 Å². The van der Waals surface area contributed by atoms with Gasteiger partial charge in [-0.15, -0.1) is 0 Å². The molecule has 0 saturated heterocycles. The van der Waals surface area contributed by atoms with Gasteiger partial charge in [-0.2, -0.15) is 0 Å². The SMILES string of the molecule is CC1CCC(C(=O)OCl)CC1.